The zero-order valence-electron chi connectivity index (χ0n) is 13.6. The van der Waals surface area contributed by atoms with Crippen molar-refractivity contribution in [3.05, 3.63) is 0 Å². The van der Waals surface area contributed by atoms with E-state index in [0.29, 0.717) is 0 Å². The molecule has 3 aliphatic rings. The number of rotatable bonds is 4. The van der Waals surface area contributed by atoms with E-state index >= 15 is 0 Å². The molecular formula is C17H33N3. The van der Waals surface area contributed by atoms with E-state index in [9.17, 15) is 0 Å². The summed E-state index contributed by atoms with van der Waals surface area (Å²) in [7, 11) is 2.33. The summed E-state index contributed by atoms with van der Waals surface area (Å²) >= 11 is 0. The summed E-state index contributed by atoms with van der Waals surface area (Å²) in [5.74, 6) is 1.74. The highest BCUT2D eigenvalue weighted by molar-refractivity contribution is 4.96. The number of likely N-dealkylation sites (N-methyl/N-ethyl adjacent to an activating group) is 1. The normalized spacial score (nSPS) is 37.5. The van der Waals surface area contributed by atoms with E-state index in [-0.39, 0.29) is 0 Å². The van der Waals surface area contributed by atoms with Crippen molar-refractivity contribution in [1.82, 2.24) is 15.1 Å². The first kappa shape index (κ1) is 14.8. The van der Waals surface area contributed by atoms with Crippen LogP contribution in [0.15, 0.2) is 0 Å². The van der Waals surface area contributed by atoms with Crippen LogP contribution in [0.5, 0.6) is 0 Å². The summed E-state index contributed by atoms with van der Waals surface area (Å²) in [6, 6.07) is 2.31. The third kappa shape index (κ3) is 3.37. The molecule has 3 unspecified atom stereocenters. The van der Waals surface area contributed by atoms with Gasteiger partial charge in [0.25, 0.3) is 0 Å². The summed E-state index contributed by atoms with van der Waals surface area (Å²) in [6.45, 7) is 9.87. The maximum absolute atomic E-state index is 3.84. The second-order valence-corrected chi connectivity index (χ2v) is 7.75. The molecular weight excluding hydrogens is 246 g/mol. The molecule has 0 aromatic rings. The van der Waals surface area contributed by atoms with Crippen LogP contribution in [0.25, 0.3) is 0 Å². The van der Waals surface area contributed by atoms with Gasteiger partial charge in [-0.25, -0.2) is 0 Å². The summed E-state index contributed by atoms with van der Waals surface area (Å²) in [6.07, 6.45) is 7.15. The molecule has 1 aliphatic carbocycles. The Hall–Kier alpha value is -0.120. The van der Waals surface area contributed by atoms with Gasteiger partial charge in [-0.2, -0.15) is 0 Å². The zero-order chi connectivity index (χ0) is 14.1. The second kappa shape index (κ2) is 6.33. The van der Waals surface area contributed by atoms with E-state index in [2.05, 4.69) is 36.0 Å². The number of piperazine rings is 1. The minimum absolute atomic E-state index is 0.736. The van der Waals surface area contributed by atoms with E-state index in [0.717, 1.165) is 30.0 Å². The molecule has 3 heteroatoms. The third-order valence-corrected chi connectivity index (χ3v) is 5.82. The van der Waals surface area contributed by atoms with E-state index in [4.69, 9.17) is 0 Å². The van der Waals surface area contributed by atoms with E-state index in [1.165, 1.54) is 58.3 Å². The Bertz CT molecular complexity index is 313. The quantitative estimate of drug-likeness (QED) is 0.851. The SMILES string of the molecule is CC(C)C1CNC(C2CC2)CN1CC1CCCCN1C. The highest BCUT2D eigenvalue weighted by atomic mass is 15.3. The van der Waals surface area contributed by atoms with Gasteiger partial charge in [0.15, 0.2) is 0 Å². The Balaban J connectivity index is 1.62. The third-order valence-electron chi connectivity index (χ3n) is 5.82. The summed E-state index contributed by atoms with van der Waals surface area (Å²) in [4.78, 5) is 5.44. The number of likely N-dealkylation sites (tertiary alicyclic amines) is 1. The lowest BCUT2D eigenvalue weighted by Gasteiger charge is -2.46. The molecule has 0 spiro atoms. The fraction of sp³-hybridized carbons (Fsp3) is 1.00. The molecule has 0 radical (unpaired) electrons. The molecule has 3 fully saturated rings. The lowest BCUT2D eigenvalue weighted by molar-refractivity contribution is 0.0506. The molecule has 2 heterocycles. The van der Waals surface area contributed by atoms with Crippen LogP contribution in [0.4, 0.5) is 0 Å². The fourth-order valence-corrected chi connectivity index (χ4v) is 4.18. The molecule has 20 heavy (non-hydrogen) atoms. The molecule has 2 aliphatic heterocycles. The lowest BCUT2D eigenvalue weighted by Crippen LogP contribution is -2.61. The van der Waals surface area contributed by atoms with Crippen LogP contribution in [0, 0.1) is 11.8 Å². The van der Waals surface area contributed by atoms with Crippen LogP contribution in [0.2, 0.25) is 0 Å². The van der Waals surface area contributed by atoms with Gasteiger partial charge in [-0.15, -0.1) is 0 Å². The molecule has 0 aromatic heterocycles. The van der Waals surface area contributed by atoms with Crippen molar-refractivity contribution >= 4 is 0 Å². The number of nitrogens with zero attached hydrogens (tertiary/aromatic N) is 2. The largest absolute Gasteiger partial charge is 0.311 e. The molecule has 0 aromatic carbocycles. The standard InChI is InChI=1S/C17H33N3/c1-13(2)17-10-18-16(14-7-8-14)12-20(17)11-15-6-4-5-9-19(15)3/h13-18H,4-12H2,1-3H3. The predicted molar refractivity (Wildman–Crippen MR) is 85.0 cm³/mol. The number of hydrogen-bond donors (Lipinski definition) is 1. The van der Waals surface area contributed by atoms with Crippen LogP contribution in [0.1, 0.15) is 46.0 Å². The van der Waals surface area contributed by atoms with Crippen LogP contribution in [-0.2, 0) is 0 Å². The topological polar surface area (TPSA) is 18.5 Å². The fourth-order valence-electron chi connectivity index (χ4n) is 4.18. The highest BCUT2D eigenvalue weighted by Crippen LogP contribution is 2.35. The average Bonchev–Trinajstić information content (AvgIpc) is 3.25. The number of hydrogen-bond acceptors (Lipinski definition) is 3. The lowest BCUT2D eigenvalue weighted by atomic mass is 9.94. The zero-order valence-corrected chi connectivity index (χ0v) is 13.6. The summed E-state index contributed by atoms with van der Waals surface area (Å²) < 4.78 is 0. The molecule has 3 atom stereocenters. The monoisotopic (exact) mass is 279 g/mol. The molecule has 0 bridgehead atoms. The van der Waals surface area contributed by atoms with Gasteiger partial charge in [0.2, 0.25) is 0 Å². The first-order valence-corrected chi connectivity index (χ1v) is 8.83. The van der Waals surface area contributed by atoms with Crippen LogP contribution in [-0.4, -0.2) is 61.2 Å². The molecule has 116 valence electrons. The first-order valence-electron chi connectivity index (χ1n) is 8.83. The Morgan fingerprint density at radius 3 is 2.60 bits per heavy atom. The predicted octanol–water partition coefficient (Wildman–Crippen LogP) is 2.18. The van der Waals surface area contributed by atoms with Crippen molar-refractivity contribution in [3.8, 4) is 0 Å². The van der Waals surface area contributed by atoms with Gasteiger partial charge in [-0.05, 0) is 51.1 Å². The van der Waals surface area contributed by atoms with Gasteiger partial charge in [0.1, 0.15) is 0 Å². The van der Waals surface area contributed by atoms with Gasteiger partial charge >= 0.3 is 0 Å². The molecule has 1 saturated carbocycles. The summed E-state index contributed by atoms with van der Waals surface area (Å²) in [5.41, 5.74) is 0. The van der Waals surface area contributed by atoms with E-state index in [1.807, 2.05) is 0 Å². The molecule has 1 N–H and O–H groups in total. The number of piperidine rings is 1. The van der Waals surface area contributed by atoms with Crippen molar-refractivity contribution < 1.29 is 0 Å². The van der Waals surface area contributed by atoms with Gasteiger partial charge in [0, 0.05) is 37.8 Å². The Kier molecular flexibility index (Phi) is 4.68. The van der Waals surface area contributed by atoms with E-state index in [1.54, 1.807) is 0 Å². The summed E-state index contributed by atoms with van der Waals surface area (Å²) in [5, 5.41) is 3.84. The van der Waals surface area contributed by atoms with Gasteiger partial charge < -0.3 is 10.2 Å². The molecule has 3 rings (SSSR count). The second-order valence-electron chi connectivity index (χ2n) is 7.75. The average molecular weight is 279 g/mol. The van der Waals surface area contributed by atoms with Crippen LogP contribution >= 0.6 is 0 Å². The van der Waals surface area contributed by atoms with Crippen molar-refractivity contribution in [3.63, 3.8) is 0 Å². The molecule has 2 saturated heterocycles. The van der Waals surface area contributed by atoms with Crippen LogP contribution in [0.3, 0.4) is 0 Å². The van der Waals surface area contributed by atoms with Crippen molar-refractivity contribution in [1.29, 1.82) is 0 Å². The maximum Gasteiger partial charge on any atom is 0.0245 e. The highest BCUT2D eigenvalue weighted by Gasteiger charge is 2.38. The Morgan fingerprint density at radius 2 is 1.95 bits per heavy atom. The Morgan fingerprint density at radius 1 is 1.15 bits per heavy atom. The van der Waals surface area contributed by atoms with Gasteiger partial charge in [0.05, 0.1) is 0 Å². The minimum atomic E-state index is 0.736. The van der Waals surface area contributed by atoms with Crippen molar-refractivity contribution in [2.75, 3.05) is 33.2 Å². The first-order chi connectivity index (χ1) is 9.65. The van der Waals surface area contributed by atoms with Gasteiger partial charge in [-0.1, -0.05) is 20.3 Å². The minimum Gasteiger partial charge on any atom is -0.311 e. The molecule has 3 nitrogen and oxygen atoms in total. The number of nitrogens with one attached hydrogen (secondary N) is 1. The van der Waals surface area contributed by atoms with Crippen molar-refractivity contribution in [2.24, 2.45) is 11.8 Å². The smallest absolute Gasteiger partial charge is 0.0245 e. The maximum atomic E-state index is 3.84. The van der Waals surface area contributed by atoms with Crippen molar-refractivity contribution in [2.45, 2.75) is 64.1 Å². The Labute approximate surface area is 125 Å². The van der Waals surface area contributed by atoms with Crippen LogP contribution < -0.4 is 5.32 Å². The van der Waals surface area contributed by atoms with E-state index < -0.39 is 0 Å². The van der Waals surface area contributed by atoms with Gasteiger partial charge in [-0.3, -0.25) is 4.90 Å². The molecule has 0 amide bonds.